The molecule has 15 heavy (non-hydrogen) atoms. The highest BCUT2D eigenvalue weighted by atomic mass is 16.5. The molecule has 0 aromatic carbocycles. The summed E-state index contributed by atoms with van der Waals surface area (Å²) in [6, 6.07) is 0. The third-order valence-electron chi connectivity index (χ3n) is 3.15. The second kappa shape index (κ2) is 6.13. The van der Waals surface area contributed by atoms with E-state index < -0.39 is 0 Å². The molecule has 0 radical (unpaired) electrons. The predicted octanol–water partition coefficient (Wildman–Crippen LogP) is 1.70. The molecule has 1 saturated heterocycles. The van der Waals surface area contributed by atoms with E-state index in [-0.39, 0.29) is 0 Å². The number of rotatable bonds is 5. The van der Waals surface area contributed by atoms with E-state index in [0.29, 0.717) is 6.10 Å². The zero-order valence-corrected chi connectivity index (χ0v) is 9.28. The lowest BCUT2D eigenvalue weighted by Gasteiger charge is -2.20. The highest BCUT2D eigenvalue weighted by molar-refractivity contribution is 4.83. The number of hydrogen-bond acceptors (Lipinski definition) is 3. The molecule has 0 aromatic rings. The molecule has 2 unspecified atom stereocenters. The minimum Gasteiger partial charge on any atom is -0.497 e. The molecule has 2 aliphatic heterocycles. The summed E-state index contributed by atoms with van der Waals surface area (Å²) in [5, 5.41) is 3.47. The van der Waals surface area contributed by atoms with E-state index >= 15 is 0 Å². The van der Waals surface area contributed by atoms with Crippen LogP contribution in [0, 0.1) is 5.92 Å². The summed E-state index contributed by atoms with van der Waals surface area (Å²) in [4.78, 5) is 0. The van der Waals surface area contributed by atoms with Crippen molar-refractivity contribution in [2.75, 3.05) is 26.3 Å². The van der Waals surface area contributed by atoms with E-state index in [0.717, 1.165) is 45.1 Å². The van der Waals surface area contributed by atoms with Crippen LogP contribution < -0.4 is 5.32 Å². The summed E-state index contributed by atoms with van der Waals surface area (Å²) >= 11 is 0. The van der Waals surface area contributed by atoms with E-state index in [4.69, 9.17) is 9.47 Å². The van der Waals surface area contributed by atoms with E-state index in [9.17, 15) is 0 Å². The maximum absolute atomic E-state index is 5.48. The third-order valence-corrected chi connectivity index (χ3v) is 3.15. The molecule has 0 saturated carbocycles. The van der Waals surface area contributed by atoms with Crippen molar-refractivity contribution in [3.63, 3.8) is 0 Å². The van der Waals surface area contributed by atoms with Crippen LogP contribution in [0.4, 0.5) is 0 Å². The Bertz CT molecular complexity index is 200. The Balaban J connectivity index is 1.49. The van der Waals surface area contributed by atoms with Gasteiger partial charge < -0.3 is 14.8 Å². The van der Waals surface area contributed by atoms with Gasteiger partial charge in [0.15, 0.2) is 0 Å². The zero-order valence-electron chi connectivity index (χ0n) is 9.28. The van der Waals surface area contributed by atoms with Crippen LogP contribution in [-0.2, 0) is 9.47 Å². The van der Waals surface area contributed by atoms with Gasteiger partial charge in [-0.2, -0.15) is 0 Å². The van der Waals surface area contributed by atoms with Crippen molar-refractivity contribution in [2.24, 2.45) is 5.92 Å². The van der Waals surface area contributed by atoms with E-state index in [1.807, 2.05) is 6.26 Å². The molecule has 1 fully saturated rings. The number of allylic oxidation sites excluding steroid dienone is 1. The van der Waals surface area contributed by atoms with Crippen molar-refractivity contribution in [3.8, 4) is 0 Å². The molecular formula is C12H21NO2. The van der Waals surface area contributed by atoms with Gasteiger partial charge in [0.25, 0.3) is 0 Å². The van der Waals surface area contributed by atoms with E-state index in [2.05, 4.69) is 11.4 Å². The van der Waals surface area contributed by atoms with Crippen LogP contribution >= 0.6 is 0 Å². The molecule has 2 aliphatic rings. The van der Waals surface area contributed by atoms with Crippen LogP contribution in [0.15, 0.2) is 12.3 Å². The molecule has 86 valence electrons. The van der Waals surface area contributed by atoms with Crippen LogP contribution in [0.25, 0.3) is 0 Å². The molecule has 2 heterocycles. The summed E-state index contributed by atoms with van der Waals surface area (Å²) in [6.45, 7) is 4.00. The van der Waals surface area contributed by atoms with Gasteiger partial charge in [0.05, 0.1) is 6.26 Å². The first kappa shape index (κ1) is 11.0. The second-order valence-corrected chi connectivity index (χ2v) is 4.43. The molecule has 2 atom stereocenters. The van der Waals surface area contributed by atoms with Gasteiger partial charge in [-0.15, -0.1) is 0 Å². The maximum Gasteiger partial charge on any atom is 0.110 e. The van der Waals surface area contributed by atoms with Gasteiger partial charge in [0, 0.05) is 19.8 Å². The van der Waals surface area contributed by atoms with E-state index in [1.54, 1.807) is 0 Å². The molecule has 0 amide bonds. The van der Waals surface area contributed by atoms with Gasteiger partial charge in [-0.1, -0.05) is 0 Å². The van der Waals surface area contributed by atoms with Crippen molar-refractivity contribution in [1.82, 2.24) is 5.32 Å². The number of nitrogens with one attached hydrogen (secondary N) is 1. The van der Waals surface area contributed by atoms with Crippen molar-refractivity contribution in [1.29, 1.82) is 0 Å². The summed E-state index contributed by atoms with van der Waals surface area (Å²) in [5.74, 6) is 0.782. The minimum atomic E-state index is 0.384. The zero-order chi connectivity index (χ0) is 10.3. The van der Waals surface area contributed by atoms with Crippen LogP contribution in [0.5, 0.6) is 0 Å². The van der Waals surface area contributed by atoms with Gasteiger partial charge >= 0.3 is 0 Å². The fourth-order valence-electron chi connectivity index (χ4n) is 2.12. The molecule has 1 N–H and O–H groups in total. The predicted molar refractivity (Wildman–Crippen MR) is 59.7 cm³/mol. The largest absolute Gasteiger partial charge is 0.497 e. The molecule has 0 aromatic heterocycles. The smallest absolute Gasteiger partial charge is 0.110 e. The fraction of sp³-hybridized carbons (Fsp3) is 0.833. The van der Waals surface area contributed by atoms with Gasteiger partial charge in [-0.3, -0.25) is 0 Å². The van der Waals surface area contributed by atoms with Crippen LogP contribution in [0.2, 0.25) is 0 Å². The Labute approximate surface area is 91.8 Å². The summed E-state index contributed by atoms with van der Waals surface area (Å²) in [5.41, 5.74) is 0. The van der Waals surface area contributed by atoms with Crippen molar-refractivity contribution in [3.05, 3.63) is 12.3 Å². The van der Waals surface area contributed by atoms with Crippen molar-refractivity contribution < 1.29 is 9.47 Å². The first-order valence-electron chi connectivity index (χ1n) is 6.04. The standard InChI is InChI=1S/C12H21NO2/c1-2-7-15-12(3-1)9-13-6-4-11-5-8-14-10-11/h2,7,11-13H,1,3-6,8-10H2. The van der Waals surface area contributed by atoms with Crippen molar-refractivity contribution in [2.45, 2.75) is 31.8 Å². The highest BCUT2D eigenvalue weighted by Gasteiger charge is 2.15. The molecular weight excluding hydrogens is 190 g/mol. The summed E-state index contributed by atoms with van der Waals surface area (Å²) in [7, 11) is 0. The van der Waals surface area contributed by atoms with Gasteiger partial charge in [0.2, 0.25) is 0 Å². The fourth-order valence-corrected chi connectivity index (χ4v) is 2.12. The highest BCUT2D eigenvalue weighted by Crippen LogP contribution is 2.15. The topological polar surface area (TPSA) is 30.5 Å². The number of hydrogen-bond donors (Lipinski definition) is 1. The Kier molecular flexibility index (Phi) is 4.48. The molecule has 3 nitrogen and oxygen atoms in total. The van der Waals surface area contributed by atoms with Gasteiger partial charge in [-0.05, 0) is 44.2 Å². The van der Waals surface area contributed by atoms with Crippen LogP contribution in [0.1, 0.15) is 25.7 Å². The Morgan fingerprint density at radius 1 is 1.33 bits per heavy atom. The molecule has 0 spiro atoms. The Morgan fingerprint density at radius 2 is 2.33 bits per heavy atom. The Morgan fingerprint density at radius 3 is 3.07 bits per heavy atom. The molecule has 3 heteroatoms. The SMILES string of the molecule is C1=COC(CNCCC2CCOC2)CC1. The molecule has 0 aliphatic carbocycles. The average molecular weight is 211 g/mol. The summed E-state index contributed by atoms with van der Waals surface area (Å²) in [6.07, 6.45) is 9.09. The minimum absolute atomic E-state index is 0.384. The lowest BCUT2D eigenvalue weighted by Crippen LogP contribution is -2.30. The van der Waals surface area contributed by atoms with Gasteiger partial charge in [-0.25, -0.2) is 0 Å². The lowest BCUT2D eigenvalue weighted by molar-refractivity contribution is 0.122. The average Bonchev–Trinajstić information content (AvgIpc) is 2.79. The quantitative estimate of drug-likeness (QED) is 0.702. The van der Waals surface area contributed by atoms with Crippen LogP contribution in [0.3, 0.4) is 0 Å². The first-order chi connectivity index (χ1) is 7.45. The van der Waals surface area contributed by atoms with E-state index in [1.165, 1.54) is 12.8 Å². The molecule has 0 bridgehead atoms. The first-order valence-corrected chi connectivity index (χ1v) is 6.04. The van der Waals surface area contributed by atoms with Crippen molar-refractivity contribution >= 4 is 0 Å². The monoisotopic (exact) mass is 211 g/mol. The van der Waals surface area contributed by atoms with Gasteiger partial charge in [0.1, 0.15) is 6.10 Å². The Hall–Kier alpha value is -0.540. The van der Waals surface area contributed by atoms with Crippen LogP contribution in [-0.4, -0.2) is 32.4 Å². The third kappa shape index (κ3) is 3.84. The summed E-state index contributed by atoms with van der Waals surface area (Å²) < 4.78 is 10.8. The maximum atomic E-state index is 5.48. The lowest BCUT2D eigenvalue weighted by atomic mass is 10.1. The molecule has 2 rings (SSSR count). The second-order valence-electron chi connectivity index (χ2n) is 4.43. The normalized spacial score (nSPS) is 30.4. The number of ether oxygens (including phenoxy) is 2.